The van der Waals surface area contributed by atoms with E-state index in [1.54, 1.807) is 38.1 Å². The Kier molecular flexibility index (Phi) is 4.24. The largest absolute Gasteiger partial charge is 0.263 e. The Morgan fingerprint density at radius 3 is 2.41 bits per heavy atom. The van der Waals surface area contributed by atoms with Gasteiger partial charge in [0.25, 0.3) is 10.0 Å². The quantitative estimate of drug-likeness (QED) is 0.649. The van der Waals surface area contributed by atoms with Gasteiger partial charge in [0.1, 0.15) is 6.07 Å². The van der Waals surface area contributed by atoms with Gasteiger partial charge in [0.05, 0.1) is 4.90 Å². The molecule has 1 aromatic rings. The van der Waals surface area contributed by atoms with Gasteiger partial charge in [-0.3, -0.25) is 9.71 Å². The minimum absolute atomic E-state index is 0.103. The van der Waals surface area contributed by atoms with Crippen LogP contribution < -0.4 is 4.72 Å². The minimum atomic E-state index is -3.72. The van der Waals surface area contributed by atoms with Crippen molar-refractivity contribution in [3.8, 4) is 6.07 Å². The summed E-state index contributed by atoms with van der Waals surface area (Å²) in [5.74, 6) is -0.205. The van der Waals surface area contributed by atoms with Crippen LogP contribution in [0.4, 0.5) is 0 Å². The third-order valence-electron chi connectivity index (χ3n) is 1.78. The lowest BCUT2D eigenvalue weighted by atomic mass is 10.4. The number of hydrogen-bond acceptors (Lipinski definition) is 4. The van der Waals surface area contributed by atoms with Gasteiger partial charge in [-0.2, -0.15) is 5.26 Å². The normalized spacial score (nSPS) is 12.2. The molecule has 6 heteroatoms. The Balaban J connectivity index is 3.00. The number of hydrogen-bond donors (Lipinski definition) is 1. The predicted molar refractivity (Wildman–Crippen MR) is 64.9 cm³/mol. The molecule has 0 unspecified atom stereocenters. The first-order valence-electron chi connectivity index (χ1n) is 5.01. The molecule has 1 rings (SSSR count). The molecule has 0 saturated carbocycles. The molecule has 0 saturated heterocycles. The fourth-order valence-corrected chi connectivity index (χ4v) is 2.11. The summed E-state index contributed by atoms with van der Waals surface area (Å²) in [4.78, 5) is 3.97. The van der Waals surface area contributed by atoms with Crippen LogP contribution in [0, 0.1) is 11.3 Å². The minimum Gasteiger partial charge on any atom is -0.256 e. The van der Waals surface area contributed by atoms with E-state index in [1.807, 2.05) is 0 Å². The second-order valence-electron chi connectivity index (χ2n) is 3.60. The zero-order chi connectivity index (χ0) is 12.9. The van der Waals surface area contributed by atoms with E-state index in [9.17, 15) is 8.42 Å². The van der Waals surface area contributed by atoms with Crippen LogP contribution in [0.3, 0.4) is 0 Å². The maximum absolute atomic E-state index is 11.8. The second-order valence-corrected chi connectivity index (χ2v) is 5.28. The van der Waals surface area contributed by atoms with Crippen LogP contribution in [-0.4, -0.2) is 20.3 Å². The molecule has 1 N–H and O–H groups in total. The summed E-state index contributed by atoms with van der Waals surface area (Å²) in [6, 6.07) is 9.41. The molecule has 0 aromatic heterocycles. The smallest absolute Gasteiger partial charge is 0.256 e. The van der Waals surface area contributed by atoms with Crippen molar-refractivity contribution in [1.29, 1.82) is 5.26 Å². The molecular weight excluding hydrogens is 238 g/mol. The summed E-state index contributed by atoms with van der Waals surface area (Å²) in [6.07, 6.45) is 0. The monoisotopic (exact) mass is 251 g/mol. The van der Waals surface area contributed by atoms with Gasteiger partial charge in [0.15, 0.2) is 0 Å². The van der Waals surface area contributed by atoms with Gasteiger partial charge in [0.2, 0.25) is 5.84 Å². The Morgan fingerprint density at radius 1 is 1.35 bits per heavy atom. The summed E-state index contributed by atoms with van der Waals surface area (Å²) in [7, 11) is -3.72. The first-order valence-corrected chi connectivity index (χ1v) is 6.50. The van der Waals surface area contributed by atoms with E-state index in [0.717, 1.165) is 0 Å². The Hall–Kier alpha value is -1.87. The molecule has 0 fully saturated rings. The molecular formula is C11H13N3O2S. The highest BCUT2D eigenvalue weighted by Crippen LogP contribution is 2.07. The molecule has 0 aliphatic heterocycles. The molecule has 0 heterocycles. The van der Waals surface area contributed by atoms with Crippen LogP contribution in [0.25, 0.3) is 0 Å². The Bertz CT molecular complexity index is 542. The van der Waals surface area contributed by atoms with Gasteiger partial charge in [-0.1, -0.05) is 18.2 Å². The summed E-state index contributed by atoms with van der Waals surface area (Å²) in [5, 5.41) is 8.78. The molecule has 17 heavy (non-hydrogen) atoms. The van der Waals surface area contributed by atoms with Crippen LogP contribution in [0.5, 0.6) is 0 Å². The first kappa shape index (κ1) is 13.2. The van der Waals surface area contributed by atoms with Crippen LogP contribution in [-0.2, 0) is 10.0 Å². The lowest BCUT2D eigenvalue weighted by Crippen LogP contribution is -2.30. The molecule has 0 aliphatic carbocycles. The Labute approximate surface area is 101 Å². The maximum Gasteiger partial charge on any atom is 0.263 e. The third kappa shape index (κ3) is 3.89. The maximum atomic E-state index is 11.8. The molecule has 0 bridgehead atoms. The fourth-order valence-electron chi connectivity index (χ4n) is 1.12. The first-order chi connectivity index (χ1) is 7.95. The average Bonchev–Trinajstić information content (AvgIpc) is 2.28. The van der Waals surface area contributed by atoms with Crippen molar-refractivity contribution in [2.24, 2.45) is 4.99 Å². The molecule has 0 amide bonds. The van der Waals surface area contributed by atoms with E-state index in [0.29, 0.717) is 0 Å². The number of aliphatic imine (C=N–C) groups is 1. The second kappa shape index (κ2) is 5.46. The van der Waals surface area contributed by atoms with Crippen molar-refractivity contribution in [3.05, 3.63) is 30.3 Å². The van der Waals surface area contributed by atoms with E-state index in [1.165, 1.54) is 12.1 Å². The molecule has 0 aliphatic rings. The number of amidine groups is 1. The summed E-state index contributed by atoms with van der Waals surface area (Å²) in [6.45, 7) is 3.52. The fraction of sp³-hybridized carbons (Fsp3) is 0.273. The number of rotatable bonds is 3. The van der Waals surface area contributed by atoms with Crippen molar-refractivity contribution in [1.82, 2.24) is 4.72 Å². The zero-order valence-electron chi connectivity index (χ0n) is 9.58. The molecule has 0 spiro atoms. The van der Waals surface area contributed by atoms with Crippen molar-refractivity contribution >= 4 is 15.9 Å². The van der Waals surface area contributed by atoms with Crippen LogP contribution >= 0.6 is 0 Å². The van der Waals surface area contributed by atoms with Gasteiger partial charge < -0.3 is 0 Å². The van der Waals surface area contributed by atoms with Crippen molar-refractivity contribution in [2.75, 3.05) is 0 Å². The van der Waals surface area contributed by atoms with Gasteiger partial charge >= 0.3 is 0 Å². The molecule has 0 radical (unpaired) electrons. The summed E-state index contributed by atoms with van der Waals surface area (Å²) >= 11 is 0. The van der Waals surface area contributed by atoms with E-state index in [4.69, 9.17) is 5.26 Å². The standard InChI is InChI=1S/C11H13N3O2S/c1-9(2)13-11(8-12)14-17(15,16)10-6-4-3-5-7-10/h3-7,9H,1-2H3,(H,13,14). The lowest BCUT2D eigenvalue weighted by Gasteiger charge is -2.06. The number of nitriles is 1. The number of nitrogens with zero attached hydrogens (tertiary/aromatic N) is 2. The lowest BCUT2D eigenvalue weighted by molar-refractivity contribution is 0.592. The van der Waals surface area contributed by atoms with Gasteiger partial charge in [-0.15, -0.1) is 0 Å². The van der Waals surface area contributed by atoms with Gasteiger partial charge in [-0.05, 0) is 26.0 Å². The highest BCUT2D eigenvalue weighted by atomic mass is 32.2. The summed E-state index contributed by atoms with van der Waals surface area (Å²) < 4.78 is 25.8. The van der Waals surface area contributed by atoms with E-state index in [2.05, 4.69) is 9.71 Å². The predicted octanol–water partition coefficient (Wildman–Crippen LogP) is 1.30. The van der Waals surface area contributed by atoms with E-state index < -0.39 is 10.0 Å². The summed E-state index contributed by atoms with van der Waals surface area (Å²) in [5.41, 5.74) is 0. The van der Waals surface area contributed by atoms with Gasteiger partial charge in [-0.25, -0.2) is 8.42 Å². The van der Waals surface area contributed by atoms with E-state index >= 15 is 0 Å². The average molecular weight is 251 g/mol. The topological polar surface area (TPSA) is 82.3 Å². The van der Waals surface area contributed by atoms with Crippen molar-refractivity contribution < 1.29 is 8.42 Å². The van der Waals surface area contributed by atoms with Crippen molar-refractivity contribution in [3.63, 3.8) is 0 Å². The number of benzene rings is 1. The third-order valence-corrected chi connectivity index (χ3v) is 3.13. The highest BCUT2D eigenvalue weighted by molar-refractivity contribution is 7.90. The number of sulfonamides is 1. The van der Waals surface area contributed by atoms with Crippen LogP contribution in [0.1, 0.15) is 13.8 Å². The van der Waals surface area contributed by atoms with Crippen LogP contribution in [0.15, 0.2) is 40.2 Å². The highest BCUT2D eigenvalue weighted by Gasteiger charge is 2.15. The van der Waals surface area contributed by atoms with Crippen molar-refractivity contribution in [2.45, 2.75) is 24.8 Å². The molecule has 1 aromatic carbocycles. The van der Waals surface area contributed by atoms with Gasteiger partial charge in [0, 0.05) is 6.04 Å². The molecule has 5 nitrogen and oxygen atoms in total. The zero-order valence-corrected chi connectivity index (χ0v) is 10.4. The molecule has 90 valence electrons. The molecule has 0 atom stereocenters. The SMILES string of the molecule is CC(C)N=C(C#N)NS(=O)(=O)c1ccccc1. The number of nitrogens with one attached hydrogen (secondary N) is 1. The van der Waals surface area contributed by atoms with Crippen LogP contribution in [0.2, 0.25) is 0 Å². The Morgan fingerprint density at radius 2 is 1.94 bits per heavy atom. The van der Waals surface area contributed by atoms with E-state index in [-0.39, 0.29) is 16.8 Å².